The number of ether oxygens (including phenoxy) is 1. The molecule has 4 atom stereocenters. The Bertz CT molecular complexity index is 1380. The molecule has 2 aromatic carbocycles. The van der Waals surface area contributed by atoms with Gasteiger partial charge in [-0.25, -0.2) is 12.8 Å². The monoisotopic (exact) mass is 634 g/mol. The summed E-state index contributed by atoms with van der Waals surface area (Å²) in [5.41, 5.74) is 1.37. The first-order valence-corrected chi connectivity index (χ1v) is 16.1. The fourth-order valence-electron chi connectivity index (χ4n) is 5.14. The molecular formula is C31H43FN4O7S. The van der Waals surface area contributed by atoms with Gasteiger partial charge in [0, 0.05) is 57.7 Å². The highest BCUT2D eigenvalue weighted by atomic mass is 32.2. The number of aldehydes is 2. The molecule has 13 heteroatoms. The Hall–Kier alpha value is -3.23. The minimum absolute atomic E-state index is 0.0236. The number of unbranched alkanes of at least 4 members (excludes halogenated alkanes) is 1. The van der Waals surface area contributed by atoms with Crippen LogP contribution in [0.5, 0.6) is 5.75 Å². The Morgan fingerprint density at radius 1 is 1.20 bits per heavy atom. The average Bonchev–Trinajstić information content (AvgIpc) is 3.36. The molecule has 1 amide bonds. The minimum atomic E-state index is -3.72. The summed E-state index contributed by atoms with van der Waals surface area (Å²) in [4.78, 5) is 36.6. The van der Waals surface area contributed by atoms with Gasteiger partial charge in [-0.2, -0.15) is 4.31 Å². The van der Waals surface area contributed by atoms with Crippen molar-refractivity contribution in [2.24, 2.45) is 5.92 Å². The van der Waals surface area contributed by atoms with Gasteiger partial charge in [-0.3, -0.25) is 4.79 Å². The summed E-state index contributed by atoms with van der Waals surface area (Å²) in [6.07, 6.45) is 1.95. The van der Waals surface area contributed by atoms with Gasteiger partial charge in [0.2, 0.25) is 15.9 Å². The number of likely N-dealkylation sites (N-methyl/N-ethyl adjacent to an activating group) is 2. The van der Waals surface area contributed by atoms with E-state index in [1.54, 1.807) is 30.1 Å². The topological polar surface area (TPSA) is 145 Å². The van der Waals surface area contributed by atoms with Gasteiger partial charge < -0.3 is 35.0 Å². The van der Waals surface area contributed by atoms with Crippen LogP contribution in [0.4, 0.5) is 4.39 Å². The predicted octanol–water partition coefficient (Wildman–Crippen LogP) is 1.31. The lowest BCUT2D eigenvalue weighted by Crippen LogP contribution is -2.53. The largest absolute Gasteiger partial charge is 0.493 e. The molecule has 1 aliphatic heterocycles. The third kappa shape index (κ3) is 9.89. The summed E-state index contributed by atoms with van der Waals surface area (Å²) in [7, 11) is -0.649. The fraction of sp³-hybridized carbons (Fsp3) is 0.516. The van der Waals surface area contributed by atoms with Crippen LogP contribution in [0.1, 0.15) is 30.4 Å². The van der Waals surface area contributed by atoms with Gasteiger partial charge in [0.05, 0.1) is 23.6 Å². The Kier molecular flexibility index (Phi) is 13.4. The van der Waals surface area contributed by atoms with Gasteiger partial charge in [0.25, 0.3) is 0 Å². The first-order valence-electron chi connectivity index (χ1n) is 14.7. The number of halogens is 1. The van der Waals surface area contributed by atoms with E-state index in [0.29, 0.717) is 50.1 Å². The number of aryl methyl sites for hydroxylation is 1. The highest BCUT2D eigenvalue weighted by molar-refractivity contribution is 7.89. The molecule has 0 spiro atoms. The molecule has 1 saturated heterocycles. The highest BCUT2D eigenvalue weighted by Gasteiger charge is 2.29. The van der Waals surface area contributed by atoms with E-state index in [-0.39, 0.29) is 42.7 Å². The molecule has 3 N–H and O–H groups in total. The van der Waals surface area contributed by atoms with Crippen molar-refractivity contribution in [3.05, 3.63) is 59.4 Å². The molecule has 2 aromatic rings. The van der Waals surface area contributed by atoms with Crippen LogP contribution < -0.4 is 15.4 Å². The summed E-state index contributed by atoms with van der Waals surface area (Å²) >= 11 is 0. The van der Waals surface area contributed by atoms with Crippen LogP contribution in [0.25, 0.3) is 0 Å². The number of hydrogen-bond donors (Lipinski definition) is 3. The average molecular weight is 635 g/mol. The van der Waals surface area contributed by atoms with Gasteiger partial charge in [-0.05, 0) is 68.6 Å². The summed E-state index contributed by atoms with van der Waals surface area (Å²) in [6.45, 7) is 3.28. The second-order valence-corrected chi connectivity index (χ2v) is 13.2. The number of aliphatic hydroxyl groups excluding tert-OH is 1. The third-order valence-corrected chi connectivity index (χ3v) is 9.57. The molecule has 0 bridgehead atoms. The number of sulfonamides is 1. The van der Waals surface area contributed by atoms with E-state index < -0.39 is 34.0 Å². The summed E-state index contributed by atoms with van der Waals surface area (Å²) in [5.74, 6) is -0.445. The first kappa shape index (κ1) is 35.3. The van der Waals surface area contributed by atoms with Crippen LogP contribution in [-0.2, 0) is 30.8 Å². The van der Waals surface area contributed by atoms with Crippen molar-refractivity contribution in [3.8, 4) is 5.75 Å². The molecule has 0 radical (unpaired) electrons. The van der Waals surface area contributed by atoms with Gasteiger partial charge in [-0.15, -0.1) is 0 Å². The van der Waals surface area contributed by atoms with Gasteiger partial charge in [0.15, 0.2) is 0 Å². The molecular weight excluding hydrogens is 591 g/mol. The third-order valence-electron chi connectivity index (χ3n) is 7.72. The molecule has 3 rings (SSSR count). The number of amides is 1. The van der Waals surface area contributed by atoms with E-state index in [0.717, 1.165) is 11.8 Å². The molecule has 1 fully saturated rings. The van der Waals surface area contributed by atoms with Crippen molar-refractivity contribution < 1.29 is 37.0 Å². The molecule has 0 aliphatic carbocycles. The minimum Gasteiger partial charge on any atom is -0.493 e. The lowest BCUT2D eigenvalue weighted by Gasteiger charge is -2.28. The molecule has 0 aromatic heterocycles. The second kappa shape index (κ2) is 16.7. The summed E-state index contributed by atoms with van der Waals surface area (Å²) in [6, 6.07) is 9.23. The molecule has 1 heterocycles. The lowest BCUT2D eigenvalue weighted by molar-refractivity contribution is -0.128. The van der Waals surface area contributed by atoms with E-state index in [1.165, 1.54) is 29.6 Å². The molecule has 0 saturated carbocycles. The lowest BCUT2D eigenvalue weighted by atomic mass is 9.96. The van der Waals surface area contributed by atoms with E-state index in [1.807, 2.05) is 13.0 Å². The van der Waals surface area contributed by atoms with Crippen molar-refractivity contribution >= 4 is 28.5 Å². The number of carbonyl (C=O) groups is 3. The molecule has 44 heavy (non-hydrogen) atoms. The highest BCUT2D eigenvalue weighted by Crippen LogP contribution is 2.20. The zero-order chi connectivity index (χ0) is 32.3. The predicted molar refractivity (Wildman–Crippen MR) is 163 cm³/mol. The van der Waals surface area contributed by atoms with E-state index in [2.05, 4.69) is 10.6 Å². The number of hydrogen-bond acceptors (Lipinski definition) is 9. The number of nitrogens with one attached hydrogen (secondary N) is 2. The fourth-order valence-corrected chi connectivity index (χ4v) is 6.42. The van der Waals surface area contributed by atoms with Gasteiger partial charge in [-0.1, -0.05) is 12.1 Å². The van der Waals surface area contributed by atoms with E-state index in [9.17, 15) is 32.3 Å². The van der Waals surface area contributed by atoms with Crippen molar-refractivity contribution in [2.45, 2.75) is 55.7 Å². The van der Waals surface area contributed by atoms with Crippen LogP contribution in [0.2, 0.25) is 0 Å². The maximum absolute atomic E-state index is 14.4. The van der Waals surface area contributed by atoms with Crippen LogP contribution in [0.15, 0.2) is 47.4 Å². The maximum Gasteiger partial charge on any atom is 0.242 e. The molecule has 1 aliphatic rings. The molecule has 1 unspecified atom stereocenters. The number of likely N-dealkylation sites (tertiary alicyclic amines) is 1. The second-order valence-electron chi connectivity index (χ2n) is 11.1. The van der Waals surface area contributed by atoms with E-state index >= 15 is 0 Å². The maximum atomic E-state index is 14.4. The molecule has 11 nitrogen and oxygen atoms in total. The van der Waals surface area contributed by atoms with Crippen LogP contribution in [-0.4, -0.2) is 106 Å². The SMILES string of the molecule is CN[C@@H](Cc1cc(F)cc(OCCCCN2CC(C=O)CC2=O)c1)[C@H](O)[C@@H](C=O)NCCN(C)S(=O)(=O)c1cccc(C)c1. The Balaban J connectivity index is 1.49. The van der Waals surface area contributed by atoms with Gasteiger partial charge in [0.1, 0.15) is 24.1 Å². The first-order chi connectivity index (χ1) is 21.0. The van der Waals surface area contributed by atoms with Crippen molar-refractivity contribution in [3.63, 3.8) is 0 Å². The number of rotatable bonds is 19. The van der Waals surface area contributed by atoms with E-state index in [4.69, 9.17) is 4.74 Å². The number of nitrogens with zero attached hydrogens (tertiary/aromatic N) is 2. The molecule has 242 valence electrons. The van der Waals surface area contributed by atoms with Gasteiger partial charge >= 0.3 is 0 Å². The Labute approximate surface area is 258 Å². The quantitative estimate of drug-likeness (QED) is 0.154. The normalized spacial score (nSPS) is 17.5. The van der Waals surface area contributed by atoms with Crippen molar-refractivity contribution in [2.75, 3.05) is 46.9 Å². The standard InChI is InChI=1S/C31H43FN4O7S/c1-22-7-6-8-27(13-22)44(41,42)35(3)11-9-34-29(21-38)31(40)28(33-2)16-23-14-25(32)18-26(15-23)43-12-5-4-10-36-19-24(20-37)17-30(36)39/h6-8,13-15,18,20-21,24,28-29,31,33-34,40H,4-5,9-12,16-17,19H2,1-3H3/t24?,28-,29+,31-/m0/s1. The Morgan fingerprint density at radius 2 is 1.98 bits per heavy atom. The van der Waals surface area contributed by atoms with Crippen LogP contribution in [0, 0.1) is 18.7 Å². The number of benzene rings is 2. The van der Waals surface area contributed by atoms with Crippen molar-refractivity contribution in [1.82, 2.24) is 19.8 Å². The Morgan fingerprint density at radius 3 is 2.64 bits per heavy atom. The number of aliphatic hydroxyl groups is 1. The van der Waals surface area contributed by atoms with Crippen LogP contribution in [0.3, 0.4) is 0 Å². The summed E-state index contributed by atoms with van der Waals surface area (Å²) in [5, 5.41) is 16.9. The van der Waals surface area contributed by atoms with Crippen molar-refractivity contribution in [1.29, 1.82) is 0 Å². The zero-order valence-corrected chi connectivity index (χ0v) is 26.3. The number of carbonyl (C=O) groups excluding carboxylic acids is 3. The van der Waals surface area contributed by atoms with Crippen LogP contribution >= 0.6 is 0 Å². The summed E-state index contributed by atoms with van der Waals surface area (Å²) < 4.78 is 47.1. The smallest absolute Gasteiger partial charge is 0.242 e. The zero-order valence-electron chi connectivity index (χ0n) is 25.4.